The Kier molecular flexibility index (Phi) is 60.8. The van der Waals surface area contributed by atoms with E-state index in [9.17, 15) is 108 Å². The number of para-hydroxylation sites is 2. The van der Waals surface area contributed by atoms with Crippen molar-refractivity contribution in [1.29, 1.82) is 0 Å². The molecule has 0 aromatic heterocycles. The van der Waals surface area contributed by atoms with Crippen LogP contribution < -0.4 is 14.2 Å². The summed E-state index contributed by atoms with van der Waals surface area (Å²) < 4.78 is 82.8. The second-order valence-corrected chi connectivity index (χ2v) is 40.5. The molecule has 828 valence electrons. The summed E-state index contributed by atoms with van der Waals surface area (Å²) >= 11 is 0. The summed E-state index contributed by atoms with van der Waals surface area (Å²) in [5.41, 5.74) is 3.51. The van der Waals surface area contributed by atoms with E-state index in [0.29, 0.717) is 171 Å². The second kappa shape index (κ2) is 71.0. The molecule has 0 unspecified atom stereocenters. The van der Waals surface area contributed by atoms with Crippen LogP contribution in [-0.2, 0) is 46.3 Å². The molecule has 0 aliphatic heterocycles. The molecule has 5 fully saturated rings. The van der Waals surface area contributed by atoms with Gasteiger partial charge >= 0.3 is 29.8 Å². The minimum Gasteiger partial charge on any atom is -0.491 e. The fourth-order valence-electron chi connectivity index (χ4n) is 19.5. The average molecular weight is 2090 g/mol. The number of hydrogen-bond donors (Lipinski definition) is 16. The van der Waals surface area contributed by atoms with Crippen LogP contribution in [0.25, 0.3) is 0 Å². The van der Waals surface area contributed by atoms with Crippen LogP contribution in [0.4, 0.5) is 17.6 Å². The van der Waals surface area contributed by atoms with Crippen molar-refractivity contribution in [3.8, 4) is 17.2 Å². The fraction of sp³-hybridized carbons (Fsp3) is 0.571. The lowest BCUT2D eigenvalue weighted by molar-refractivity contribution is -0.148. The Hall–Kier alpha value is -10.0. The monoisotopic (exact) mass is 2090 g/mol. The van der Waals surface area contributed by atoms with Crippen molar-refractivity contribution in [1.82, 2.24) is 0 Å². The number of ether oxygens (including phenoxy) is 5. The first-order chi connectivity index (χ1) is 71.2. The number of esters is 2. The Morgan fingerprint density at radius 2 is 0.644 bits per heavy atom. The third kappa shape index (κ3) is 53.2. The second-order valence-electron chi connectivity index (χ2n) is 40.5. The maximum absolute atomic E-state index is 14.2. The SMILES string of the molecule is CC(C)OC(=O)CCC/C=C\C[C@@H]1[C@@H](/C=C/C(F)(F)COc2ccccc2)[C@H](O)C[C@@H]1O.CC(C)OC(=O)CCC/C=C\C[C@@H]1[C@@H](CC[C@@H](O)CCc2ccccc2)[C@H](O)C[C@@H]1O.Cc1cccc(OC[C@H](O)/C=C/[C@@H]2[C@@H](C/C=C\CCCC(=O)O)[C@@H](O)C[C@H]2O)c1.O=C(O)CCC/C=C\C[C@@H]1[C@@H](/C=C/C(F)(F)COc2ccccc2)[C@H](O)C[C@@H]1O.O=C(O)CCC/C=C\C[C@@H]1[C@@H](CC[C@@H](O)CCc2ccccc2)[C@H](O)C[C@@H]1O. The molecule has 26 nitrogen and oxygen atoms in total. The Morgan fingerprint density at radius 3 is 0.973 bits per heavy atom. The van der Waals surface area contributed by atoms with E-state index in [1.54, 1.807) is 86.7 Å². The van der Waals surface area contributed by atoms with Crippen molar-refractivity contribution in [2.24, 2.45) is 59.2 Å². The van der Waals surface area contributed by atoms with Gasteiger partial charge in [-0.05, 0) is 302 Å². The number of allylic oxidation sites excluding steroid dienone is 10. The number of aryl methyl sites for hydroxylation is 3. The molecular weight excluding hydrogens is 1920 g/mol. The van der Waals surface area contributed by atoms with Crippen LogP contribution in [0.2, 0.25) is 0 Å². The summed E-state index contributed by atoms with van der Waals surface area (Å²) in [6, 6.07) is 44.5. The molecule has 5 saturated carbocycles. The number of alkyl halides is 4. The van der Waals surface area contributed by atoms with Gasteiger partial charge in [0.1, 0.15) is 30.0 Å². The average Bonchev–Trinajstić information content (AvgIpc) is 1.69. The molecule has 0 amide bonds. The zero-order valence-electron chi connectivity index (χ0n) is 87.2. The van der Waals surface area contributed by atoms with Gasteiger partial charge < -0.3 is 105 Å². The first-order valence-electron chi connectivity index (χ1n) is 53.3. The van der Waals surface area contributed by atoms with Gasteiger partial charge in [0.25, 0.3) is 11.8 Å². The number of aliphatic hydroxyl groups is 13. The van der Waals surface area contributed by atoms with E-state index in [-0.39, 0.29) is 110 Å². The zero-order chi connectivity index (χ0) is 109. The predicted octanol–water partition coefficient (Wildman–Crippen LogP) is 18.9. The van der Waals surface area contributed by atoms with Gasteiger partial charge in [0.2, 0.25) is 0 Å². The van der Waals surface area contributed by atoms with Crippen molar-refractivity contribution in [3.63, 3.8) is 0 Å². The van der Waals surface area contributed by atoms with Crippen LogP contribution in [0.1, 0.15) is 243 Å². The van der Waals surface area contributed by atoms with Gasteiger partial charge in [-0.2, -0.15) is 17.6 Å². The van der Waals surface area contributed by atoms with Crippen LogP contribution in [-0.4, -0.2) is 235 Å². The molecule has 0 heterocycles. The molecule has 0 saturated heterocycles. The number of carboxylic acids is 3. The number of carbonyl (C=O) groups excluding carboxylic acids is 2. The van der Waals surface area contributed by atoms with Gasteiger partial charge in [0.05, 0.1) is 85.5 Å². The number of aliphatic carboxylic acids is 3. The molecule has 5 aliphatic rings. The van der Waals surface area contributed by atoms with Crippen LogP contribution in [0, 0.1) is 66.1 Å². The number of halogens is 4. The lowest BCUT2D eigenvalue weighted by Gasteiger charge is -2.23. The minimum absolute atomic E-state index is 0.00652. The maximum Gasteiger partial charge on any atom is 0.306 e. The molecule has 23 atom stereocenters. The van der Waals surface area contributed by atoms with Gasteiger partial charge in [-0.15, -0.1) is 0 Å². The summed E-state index contributed by atoms with van der Waals surface area (Å²) in [5.74, 6) is -10.1. The summed E-state index contributed by atoms with van der Waals surface area (Å²) in [5, 5.41) is 160. The van der Waals surface area contributed by atoms with E-state index in [0.717, 1.165) is 43.4 Å². The summed E-state index contributed by atoms with van der Waals surface area (Å²) in [7, 11) is 0. The maximum atomic E-state index is 14.2. The number of unbranched alkanes of at least 4 members (excludes halogenated alkanes) is 5. The van der Waals surface area contributed by atoms with E-state index < -0.39 is 134 Å². The summed E-state index contributed by atoms with van der Waals surface area (Å²) in [4.78, 5) is 54.6. The smallest absolute Gasteiger partial charge is 0.306 e. The van der Waals surface area contributed by atoms with Crippen LogP contribution >= 0.6 is 0 Å². The quantitative estimate of drug-likeness (QED) is 0.00744. The van der Waals surface area contributed by atoms with Gasteiger partial charge in [-0.3, -0.25) is 24.0 Å². The third-order valence-electron chi connectivity index (χ3n) is 27.5. The first kappa shape index (κ1) is 128. The highest BCUT2D eigenvalue weighted by Crippen LogP contribution is 2.44. The van der Waals surface area contributed by atoms with E-state index >= 15 is 0 Å². The molecular formula is C119H168F4O26. The van der Waals surface area contributed by atoms with Crippen molar-refractivity contribution in [2.75, 3.05) is 19.8 Å². The number of rotatable bonds is 59. The Labute approximate surface area is 877 Å². The van der Waals surface area contributed by atoms with Crippen LogP contribution in [0.3, 0.4) is 0 Å². The van der Waals surface area contributed by atoms with Crippen molar-refractivity contribution in [2.45, 2.75) is 350 Å². The molecule has 5 aromatic rings. The summed E-state index contributed by atoms with van der Waals surface area (Å²) in [6.45, 7) is 7.76. The number of hydrogen-bond acceptors (Lipinski definition) is 23. The Bertz CT molecular complexity index is 4770. The van der Waals surface area contributed by atoms with Gasteiger partial charge in [0, 0.05) is 69.1 Å². The Morgan fingerprint density at radius 1 is 0.349 bits per heavy atom. The number of benzene rings is 5. The number of aliphatic hydroxyl groups excluding tert-OH is 13. The normalized spacial score (nSPS) is 25.0. The first-order valence-corrected chi connectivity index (χ1v) is 53.3. The van der Waals surface area contributed by atoms with Gasteiger partial charge in [0.15, 0.2) is 13.2 Å². The van der Waals surface area contributed by atoms with Crippen molar-refractivity contribution in [3.05, 3.63) is 259 Å². The van der Waals surface area contributed by atoms with E-state index in [1.165, 1.54) is 23.3 Å². The molecule has 0 radical (unpaired) electrons. The lowest BCUT2D eigenvalue weighted by Crippen LogP contribution is -2.25. The molecule has 30 heteroatoms. The third-order valence-corrected chi connectivity index (χ3v) is 27.5. The van der Waals surface area contributed by atoms with Gasteiger partial charge in [-0.25, -0.2) is 0 Å². The predicted molar refractivity (Wildman–Crippen MR) is 565 cm³/mol. The molecule has 0 bridgehead atoms. The standard InChI is InChI=1S/C26H40O5.C25H34F2O5.C23H32O6.C23H34O5.C22H28F2O5/c1-19(2)31-26(30)13-9-4-3-8-12-22-23(25(29)18-24(22)28)17-16-21(27)15-14-20-10-6-5-7-11-20;1-18(2)32-24(30)13-9-4-3-8-12-20-21(23(29)16-22(20)28)14-15-25(26,27)17-31-19-10-6-5-7-11-19;1-16-7-6-8-18(13-16)29-15-17(24)11-12-20-19(21(25)14-22(20)26)9-4-2-3-5-10-23(27)28;24-18(13-12-17-8-4-3-5-9-17)14-15-20-19(21(25)16-22(20)26)10-6-1-2-7-11-23(27)28;23-22(24,15-29-16-8-4-3-5-9-16)13-12-18-17(19(25)14-20(18)26)10-6-1-2-7-11-21(27)28/h3,5-8,10-11,19,21-25,27-29H,4,9,12-18H2,1-2H3;3,5-8,10-11,14-15,18,20-23,28-29H,4,9,12-13,16-17H2,1-2H3;2,4,6-8,11-13,17,19-22,24-26H,3,5,9-10,14-15H2,1H3,(H,27,28);1,3-6,8-9,18-22,24-26H,2,7,10-16H2,(H,27,28);1,3-6,8-9,12-13,17-20,25-26H,2,7,10-11,14-15H2,(H,27,28)/b8-3-;8-3-,15-14+;4-2-,12-11+;6-1-;6-1-,13-12+/t21-,22+,23+,24-,25+;20-,21-,22+,23-;17-,19-,20-,21+,22-;18-,19+,20+,21-,22+;17-,18-,19+,20-/m01101/s1. The largest absolute Gasteiger partial charge is 0.491 e. The minimum atomic E-state index is -3.21. The van der Waals surface area contributed by atoms with E-state index in [1.807, 2.05) is 136 Å². The lowest BCUT2D eigenvalue weighted by atomic mass is 9.85. The highest BCUT2D eigenvalue weighted by molar-refractivity contribution is 5.70. The molecule has 5 aromatic carbocycles. The zero-order valence-corrected chi connectivity index (χ0v) is 87.2. The number of carboxylic acid groups (broad SMARTS) is 3. The highest BCUT2D eigenvalue weighted by atomic mass is 19.3. The molecule has 16 N–H and O–H groups in total. The van der Waals surface area contributed by atoms with Crippen molar-refractivity contribution < 1.29 is 147 Å². The fourth-order valence-corrected chi connectivity index (χ4v) is 19.5. The van der Waals surface area contributed by atoms with E-state index in [4.69, 9.17) is 39.0 Å². The topological polar surface area (TPSA) is 455 Å². The van der Waals surface area contributed by atoms with Crippen molar-refractivity contribution >= 4 is 29.8 Å². The summed E-state index contributed by atoms with van der Waals surface area (Å²) in [6.07, 6.45) is 36.0. The molecule has 149 heavy (non-hydrogen) atoms. The van der Waals surface area contributed by atoms with Crippen LogP contribution in [0.5, 0.6) is 17.2 Å². The Balaban J connectivity index is 0.000000284. The van der Waals surface area contributed by atoms with E-state index in [2.05, 4.69) is 30.3 Å². The number of carbonyl (C=O) groups is 5. The van der Waals surface area contributed by atoms with Gasteiger partial charge in [-0.1, -0.05) is 194 Å². The highest BCUT2D eigenvalue weighted by Gasteiger charge is 2.45. The molecule has 0 spiro atoms. The van der Waals surface area contributed by atoms with Crippen LogP contribution in [0.15, 0.2) is 243 Å². The molecule has 10 rings (SSSR count). The molecule has 5 aliphatic carbocycles.